The molecule has 2 rings (SSSR count). The maximum Gasteiger partial charge on any atom is 0.169 e. The quantitative estimate of drug-likeness (QED) is 0.812. The lowest BCUT2D eigenvalue weighted by atomic mass is 10.2. The highest BCUT2D eigenvalue weighted by Gasteiger charge is 2.04. The minimum atomic E-state index is 0.419. The van der Waals surface area contributed by atoms with Gasteiger partial charge in [-0.3, -0.25) is 0 Å². The third-order valence-electron chi connectivity index (χ3n) is 1.87. The number of aromatic amines is 1. The first-order valence-corrected chi connectivity index (χ1v) is 5.30. The van der Waals surface area contributed by atoms with E-state index in [2.05, 4.69) is 20.9 Å². The van der Waals surface area contributed by atoms with Gasteiger partial charge in [-0.2, -0.15) is 5.26 Å². The fraction of sp³-hybridized carbons (Fsp3) is 0. The van der Waals surface area contributed by atoms with Crippen LogP contribution in [0.4, 0.5) is 0 Å². The number of pyridine rings is 1. The maximum absolute atomic E-state index is 8.72. The van der Waals surface area contributed by atoms with Gasteiger partial charge in [0.2, 0.25) is 0 Å². The van der Waals surface area contributed by atoms with Gasteiger partial charge in [-0.1, -0.05) is 12.2 Å². The Labute approximate surface area is 99.5 Å². The molecule has 0 atom stereocenters. The largest absolute Gasteiger partial charge is 0.448 e. The van der Waals surface area contributed by atoms with Crippen LogP contribution in [0.15, 0.2) is 33.4 Å². The van der Waals surface area contributed by atoms with E-state index >= 15 is 0 Å². The zero-order chi connectivity index (χ0) is 10.8. The molecule has 0 unspecified atom stereocenters. The van der Waals surface area contributed by atoms with Crippen LogP contribution < -0.4 is 0 Å². The van der Waals surface area contributed by atoms with Crippen molar-refractivity contribution in [3.05, 3.63) is 39.1 Å². The van der Waals surface area contributed by atoms with Crippen molar-refractivity contribution in [3.63, 3.8) is 0 Å². The first-order valence-electron chi connectivity index (χ1n) is 4.10. The smallest absolute Gasteiger partial charge is 0.169 e. The lowest BCUT2D eigenvalue weighted by Gasteiger charge is -1.97. The van der Waals surface area contributed by atoms with E-state index in [1.165, 1.54) is 0 Å². The number of nitrogens with one attached hydrogen (secondary N) is 1. The molecule has 2 aromatic rings. The zero-order valence-corrected chi connectivity index (χ0v) is 9.85. The molecule has 0 saturated heterocycles. The molecule has 3 nitrogen and oxygen atoms in total. The lowest BCUT2D eigenvalue weighted by Crippen LogP contribution is -1.85. The summed E-state index contributed by atoms with van der Waals surface area (Å²) >= 11 is 8.23. The van der Waals surface area contributed by atoms with Gasteiger partial charge in [0.05, 0.1) is 11.3 Å². The number of nitriles is 1. The Morgan fingerprint density at radius 3 is 2.67 bits per heavy atom. The lowest BCUT2D eigenvalue weighted by molar-refractivity contribution is 0.553. The molecule has 0 bridgehead atoms. The highest BCUT2D eigenvalue weighted by Crippen LogP contribution is 2.23. The maximum atomic E-state index is 8.72. The van der Waals surface area contributed by atoms with Crippen LogP contribution in [-0.2, 0) is 0 Å². The van der Waals surface area contributed by atoms with Crippen molar-refractivity contribution in [2.24, 2.45) is 0 Å². The number of rotatable bonds is 1. The summed E-state index contributed by atoms with van der Waals surface area (Å²) < 4.78 is 6.43. The average molecular weight is 281 g/mol. The molecule has 5 heteroatoms. The molecular formula is C10H5BrN2OS. The van der Waals surface area contributed by atoms with E-state index in [-0.39, 0.29) is 0 Å². The fourth-order valence-electron chi connectivity index (χ4n) is 1.16. The van der Waals surface area contributed by atoms with Crippen LogP contribution in [0.1, 0.15) is 5.56 Å². The Kier molecular flexibility index (Phi) is 2.71. The van der Waals surface area contributed by atoms with Gasteiger partial charge in [-0.15, -0.1) is 0 Å². The molecule has 2 aromatic heterocycles. The summed E-state index contributed by atoms with van der Waals surface area (Å²) in [7, 11) is 0. The molecule has 0 aliphatic rings. The second-order valence-corrected chi connectivity index (χ2v) is 4.02. The van der Waals surface area contributed by atoms with Crippen LogP contribution in [0.3, 0.4) is 0 Å². The average Bonchev–Trinajstić information content (AvgIpc) is 2.65. The minimum absolute atomic E-state index is 0.419. The van der Waals surface area contributed by atoms with E-state index in [4.69, 9.17) is 21.9 Å². The molecule has 0 aliphatic heterocycles. The third kappa shape index (κ3) is 2.01. The van der Waals surface area contributed by atoms with Crippen LogP contribution >= 0.6 is 28.1 Å². The predicted octanol–water partition coefficient (Wildman–Crippen LogP) is 3.64. The van der Waals surface area contributed by atoms with Crippen molar-refractivity contribution in [3.8, 4) is 17.5 Å². The van der Waals surface area contributed by atoms with Crippen LogP contribution in [0.5, 0.6) is 0 Å². The standard InChI is InChI=1S/C10H5BrN2OS/c11-9-4-3-8(14-9)7-2-1-6(5-12)10(15)13-7/h1-4H,(H,13,15). The normalized spacial score (nSPS) is 9.87. The van der Waals surface area contributed by atoms with E-state index in [1.807, 2.05) is 12.1 Å². The van der Waals surface area contributed by atoms with E-state index < -0.39 is 0 Å². The molecule has 74 valence electrons. The number of H-pyrrole nitrogens is 1. The number of hydrogen-bond donors (Lipinski definition) is 1. The van der Waals surface area contributed by atoms with Gasteiger partial charge in [0.1, 0.15) is 10.7 Å². The molecule has 1 N–H and O–H groups in total. The van der Waals surface area contributed by atoms with Crippen LogP contribution in [0.2, 0.25) is 0 Å². The van der Waals surface area contributed by atoms with E-state index in [0.717, 1.165) is 5.69 Å². The molecule has 15 heavy (non-hydrogen) atoms. The zero-order valence-electron chi connectivity index (χ0n) is 7.45. The van der Waals surface area contributed by atoms with Gasteiger partial charge < -0.3 is 9.40 Å². The summed E-state index contributed by atoms with van der Waals surface area (Å²) in [5.41, 5.74) is 1.21. The molecule has 0 radical (unpaired) electrons. The molecule has 0 aliphatic carbocycles. The van der Waals surface area contributed by atoms with Gasteiger partial charge in [0, 0.05) is 0 Å². The van der Waals surface area contributed by atoms with Crippen molar-refractivity contribution in [1.82, 2.24) is 4.98 Å². The van der Waals surface area contributed by atoms with E-state index in [0.29, 0.717) is 20.6 Å². The Bertz CT molecular complexity index is 594. The number of furan rings is 1. The molecule has 0 fully saturated rings. The topological polar surface area (TPSA) is 52.7 Å². The summed E-state index contributed by atoms with van der Waals surface area (Å²) in [6.45, 7) is 0. The monoisotopic (exact) mass is 280 g/mol. The Hall–Kier alpha value is -1.38. The van der Waals surface area contributed by atoms with Crippen molar-refractivity contribution in [1.29, 1.82) is 5.26 Å². The molecule has 0 aromatic carbocycles. The molecule has 0 saturated carbocycles. The van der Waals surface area contributed by atoms with Crippen LogP contribution in [-0.4, -0.2) is 4.98 Å². The van der Waals surface area contributed by atoms with Crippen molar-refractivity contribution < 1.29 is 4.42 Å². The summed E-state index contributed by atoms with van der Waals surface area (Å²) in [6.07, 6.45) is 0. The summed E-state index contributed by atoms with van der Waals surface area (Å²) in [6, 6.07) is 9.05. The number of halogens is 1. The Morgan fingerprint density at radius 2 is 2.13 bits per heavy atom. The second-order valence-electron chi connectivity index (χ2n) is 2.83. The van der Waals surface area contributed by atoms with Gasteiger partial charge in [0.15, 0.2) is 10.4 Å². The van der Waals surface area contributed by atoms with Gasteiger partial charge in [-0.05, 0) is 40.2 Å². The first kappa shape index (κ1) is 10.1. The summed E-state index contributed by atoms with van der Waals surface area (Å²) in [5, 5.41) is 8.72. The summed E-state index contributed by atoms with van der Waals surface area (Å²) in [4.78, 5) is 2.93. The third-order valence-corrected chi connectivity index (χ3v) is 2.62. The molecular weight excluding hydrogens is 276 g/mol. The molecule has 0 spiro atoms. The van der Waals surface area contributed by atoms with Gasteiger partial charge in [0.25, 0.3) is 0 Å². The van der Waals surface area contributed by atoms with Crippen molar-refractivity contribution in [2.45, 2.75) is 0 Å². The van der Waals surface area contributed by atoms with Crippen molar-refractivity contribution >= 4 is 28.1 Å². The van der Waals surface area contributed by atoms with E-state index in [1.54, 1.807) is 18.2 Å². The highest BCUT2D eigenvalue weighted by atomic mass is 79.9. The Morgan fingerprint density at radius 1 is 1.33 bits per heavy atom. The minimum Gasteiger partial charge on any atom is -0.448 e. The number of aromatic nitrogens is 1. The fourth-order valence-corrected chi connectivity index (χ4v) is 1.69. The first-order chi connectivity index (χ1) is 7.20. The Balaban J connectivity index is 2.53. The van der Waals surface area contributed by atoms with Gasteiger partial charge in [-0.25, -0.2) is 0 Å². The van der Waals surface area contributed by atoms with Gasteiger partial charge >= 0.3 is 0 Å². The summed E-state index contributed by atoms with van der Waals surface area (Å²) in [5.74, 6) is 0.678. The van der Waals surface area contributed by atoms with Crippen LogP contribution in [0, 0.1) is 16.0 Å². The number of hydrogen-bond acceptors (Lipinski definition) is 3. The second kappa shape index (κ2) is 4.01. The predicted molar refractivity (Wildman–Crippen MR) is 61.7 cm³/mol. The molecule has 0 amide bonds. The van der Waals surface area contributed by atoms with Crippen LogP contribution in [0.25, 0.3) is 11.5 Å². The SMILES string of the molecule is N#Cc1ccc(-c2ccc(Br)o2)[nH]c1=S. The molecule has 2 heterocycles. The number of nitrogens with zero attached hydrogens (tertiary/aromatic N) is 1. The van der Waals surface area contributed by atoms with Crippen molar-refractivity contribution in [2.75, 3.05) is 0 Å². The van der Waals surface area contributed by atoms with E-state index in [9.17, 15) is 0 Å². The highest BCUT2D eigenvalue weighted by molar-refractivity contribution is 9.10.